The number of nitrogen functional groups attached to an aromatic ring is 1. The number of H-pyrrole nitrogens is 1. The van der Waals surface area contributed by atoms with Gasteiger partial charge in [0.05, 0.1) is 36.8 Å². The van der Waals surface area contributed by atoms with E-state index in [0.29, 0.717) is 23.9 Å². The molecule has 0 amide bonds. The summed E-state index contributed by atoms with van der Waals surface area (Å²) >= 11 is 6.09. The second kappa shape index (κ2) is 9.93. The molecule has 0 aliphatic heterocycles. The zero-order chi connectivity index (χ0) is 26.3. The van der Waals surface area contributed by atoms with Crippen LogP contribution in [0.5, 0.6) is 5.75 Å². The largest absolute Gasteiger partial charge is 0.495 e. The van der Waals surface area contributed by atoms with Crippen molar-refractivity contribution in [3.63, 3.8) is 0 Å². The molecule has 0 spiro atoms. The number of nitrogens with two attached hydrogens (primary N) is 1. The molecule has 37 heavy (non-hydrogen) atoms. The van der Waals surface area contributed by atoms with Gasteiger partial charge in [0.1, 0.15) is 17.4 Å². The van der Waals surface area contributed by atoms with Crippen molar-refractivity contribution in [1.82, 2.24) is 19.5 Å². The van der Waals surface area contributed by atoms with Gasteiger partial charge < -0.3 is 20.0 Å². The molecule has 3 heterocycles. The molecular formula is C26H23ClF3N5O2. The molecule has 1 unspecified atom stereocenters. The van der Waals surface area contributed by atoms with Crippen LogP contribution in [-0.2, 0) is 0 Å². The minimum atomic E-state index is -2.77. The van der Waals surface area contributed by atoms with Crippen molar-refractivity contribution >= 4 is 17.4 Å². The molecule has 192 valence electrons. The molecule has 5 rings (SSSR count). The first-order valence-corrected chi connectivity index (χ1v) is 12.0. The third-order valence-corrected chi connectivity index (χ3v) is 6.70. The van der Waals surface area contributed by atoms with E-state index in [1.807, 2.05) is 0 Å². The average molecular weight is 530 g/mol. The number of rotatable bonds is 8. The normalized spacial score (nSPS) is 14.2. The Balaban J connectivity index is 1.59. The molecule has 0 saturated heterocycles. The number of aromatic amines is 1. The number of pyridine rings is 2. The van der Waals surface area contributed by atoms with Gasteiger partial charge in [-0.25, -0.2) is 18.7 Å². The van der Waals surface area contributed by atoms with Gasteiger partial charge in [-0.15, -0.1) is 0 Å². The Morgan fingerprint density at radius 1 is 1.19 bits per heavy atom. The number of nitrogens with one attached hydrogen (secondary N) is 1. The second-order valence-corrected chi connectivity index (χ2v) is 9.42. The Kier molecular flexibility index (Phi) is 6.68. The fraction of sp³-hybridized carbons (Fsp3) is 0.269. The third-order valence-electron chi connectivity index (χ3n) is 6.47. The van der Waals surface area contributed by atoms with Gasteiger partial charge in [0.25, 0.3) is 12.0 Å². The number of halogens is 4. The number of aromatic nitrogens is 4. The summed E-state index contributed by atoms with van der Waals surface area (Å²) < 4.78 is 48.9. The minimum Gasteiger partial charge on any atom is -0.495 e. The Labute approximate surface area is 215 Å². The lowest BCUT2D eigenvalue weighted by Crippen LogP contribution is -2.26. The molecular weight excluding hydrogens is 507 g/mol. The molecule has 1 saturated carbocycles. The quantitative estimate of drug-likeness (QED) is 0.272. The van der Waals surface area contributed by atoms with Crippen LogP contribution in [0, 0.1) is 11.9 Å². The van der Waals surface area contributed by atoms with Crippen molar-refractivity contribution < 1.29 is 17.9 Å². The van der Waals surface area contributed by atoms with E-state index in [4.69, 9.17) is 22.1 Å². The summed E-state index contributed by atoms with van der Waals surface area (Å²) in [6.45, 7) is 0. The van der Waals surface area contributed by atoms with Crippen LogP contribution >= 0.6 is 11.6 Å². The SMILES string of the molecule is COc1cn(C(CC2CC2)c2ncc(-c3ccc(N)nc3F)[nH]2)c(=O)cc1-c1cc(Cl)ccc1C(F)F. The van der Waals surface area contributed by atoms with Gasteiger partial charge in [-0.1, -0.05) is 30.5 Å². The first-order valence-electron chi connectivity index (χ1n) is 11.6. The Hall–Kier alpha value is -3.79. The maximum absolute atomic E-state index is 14.4. The summed E-state index contributed by atoms with van der Waals surface area (Å²) in [6, 6.07) is 7.73. The van der Waals surface area contributed by atoms with E-state index >= 15 is 0 Å². The molecule has 1 atom stereocenters. The second-order valence-electron chi connectivity index (χ2n) is 8.98. The van der Waals surface area contributed by atoms with Gasteiger partial charge in [0.15, 0.2) is 0 Å². The number of methoxy groups -OCH3 is 1. The zero-order valence-electron chi connectivity index (χ0n) is 19.7. The van der Waals surface area contributed by atoms with Crippen LogP contribution in [0.1, 0.15) is 43.1 Å². The molecule has 0 bridgehead atoms. The van der Waals surface area contributed by atoms with Crippen LogP contribution in [0.15, 0.2) is 53.6 Å². The fourth-order valence-corrected chi connectivity index (χ4v) is 4.59. The number of nitrogens with zero attached hydrogens (tertiary/aromatic N) is 3. The topological polar surface area (TPSA) is 98.8 Å². The van der Waals surface area contributed by atoms with Crippen LogP contribution in [0.25, 0.3) is 22.4 Å². The monoisotopic (exact) mass is 529 g/mol. The van der Waals surface area contributed by atoms with Gasteiger partial charge in [0.2, 0.25) is 5.95 Å². The van der Waals surface area contributed by atoms with Gasteiger partial charge in [0, 0.05) is 22.2 Å². The minimum absolute atomic E-state index is 0.0565. The molecule has 3 aromatic heterocycles. The number of imidazole rings is 1. The Morgan fingerprint density at radius 3 is 2.65 bits per heavy atom. The molecule has 1 aromatic carbocycles. The van der Waals surface area contributed by atoms with Crippen molar-refractivity contribution in [3.05, 3.63) is 81.5 Å². The van der Waals surface area contributed by atoms with Gasteiger partial charge in [-0.2, -0.15) is 4.39 Å². The van der Waals surface area contributed by atoms with Crippen LogP contribution in [0.4, 0.5) is 19.0 Å². The maximum atomic E-state index is 14.4. The lowest BCUT2D eigenvalue weighted by Gasteiger charge is -2.21. The summed E-state index contributed by atoms with van der Waals surface area (Å²) in [5.41, 5.74) is 5.77. The first-order chi connectivity index (χ1) is 17.7. The smallest absolute Gasteiger partial charge is 0.264 e. The highest BCUT2D eigenvalue weighted by molar-refractivity contribution is 6.30. The highest BCUT2D eigenvalue weighted by Crippen LogP contribution is 2.41. The van der Waals surface area contributed by atoms with Gasteiger partial charge >= 0.3 is 0 Å². The molecule has 4 aromatic rings. The average Bonchev–Trinajstić information content (AvgIpc) is 3.56. The van der Waals surface area contributed by atoms with E-state index in [9.17, 15) is 18.0 Å². The molecule has 1 aliphatic carbocycles. The summed E-state index contributed by atoms with van der Waals surface area (Å²) in [4.78, 5) is 24.6. The van der Waals surface area contributed by atoms with E-state index in [0.717, 1.165) is 12.8 Å². The van der Waals surface area contributed by atoms with Crippen molar-refractivity contribution in [2.45, 2.75) is 31.7 Å². The molecule has 1 fully saturated rings. The molecule has 7 nitrogen and oxygen atoms in total. The maximum Gasteiger partial charge on any atom is 0.264 e. The number of alkyl halides is 2. The number of hydrogen-bond donors (Lipinski definition) is 2. The van der Waals surface area contributed by atoms with Crippen molar-refractivity contribution in [1.29, 1.82) is 0 Å². The van der Waals surface area contributed by atoms with E-state index in [1.165, 1.54) is 60.5 Å². The number of benzene rings is 1. The van der Waals surface area contributed by atoms with Crippen LogP contribution in [0.3, 0.4) is 0 Å². The zero-order valence-corrected chi connectivity index (χ0v) is 20.5. The van der Waals surface area contributed by atoms with Crippen LogP contribution in [0.2, 0.25) is 5.02 Å². The molecule has 0 radical (unpaired) electrons. The number of hydrogen-bond acceptors (Lipinski definition) is 5. The summed E-state index contributed by atoms with van der Waals surface area (Å²) in [7, 11) is 1.40. The summed E-state index contributed by atoms with van der Waals surface area (Å²) in [5.74, 6) is 0.384. The number of anilines is 1. The third kappa shape index (κ3) is 5.06. The first kappa shape index (κ1) is 24.9. The number of ether oxygens (including phenoxy) is 1. The van der Waals surface area contributed by atoms with Crippen molar-refractivity contribution in [2.24, 2.45) is 5.92 Å². The lowest BCUT2D eigenvalue weighted by molar-refractivity contribution is 0.152. The molecule has 11 heteroatoms. The lowest BCUT2D eigenvalue weighted by atomic mass is 9.99. The van der Waals surface area contributed by atoms with E-state index in [2.05, 4.69) is 15.0 Å². The predicted octanol–water partition coefficient (Wildman–Crippen LogP) is 6.01. The highest BCUT2D eigenvalue weighted by Gasteiger charge is 2.30. The molecule has 3 N–H and O–H groups in total. The summed E-state index contributed by atoms with van der Waals surface area (Å²) in [5, 5.41) is 0.254. The fourth-order valence-electron chi connectivity index (χ4n) is 4.42. The molecule has 1 aliphatic rings. The standard InChI is InChI=1S/C26H23ClF3N5O2/c1-37-21-12-35(23(36)10-18(21)17-9-14(27)4-5-15(17)24(28)29)20(8-13-2-3-13)26-32-11-19(33-26)16-6-7-22(31)34-25(16)30/h4-7,9-13,20,24H,2-3,8H2,1H3,(H2,31,34)(H,32,33). The van der Waals surface area contributed by atoms with E-state index in [-0.39, 0.29) is 38.8 Å². The van der Waals surface area contributed by atoms with Crippen LogP contribution in [-0.4, -0.2) is 26.6 Å². The van der Waals surface area contributed by atoms with Crippen LogP contribution < -0.4 is 16.0 Å². The predicted molar refractivity (Wildman–Crippen MR) is 134 cm³/mol. The van der Waals surface area contributed by atoms with Gasteiger partial charge in [-0.05, 0) is 42.2 Å². The highest BCUT2D eigenvalue weighted by atomic mass is 35.5. The van der Waals surface area contributed by atoms with Crippen molar-refractivity contribution in [3.8, 4) is 28.1 Å². The van der Waals surface area contributed by atoms with Crippen molar-refractivity contribution in [2.75, 3.05) is 12.8 Å². The Morgan fingerprint density at radius 2 is 1.97 bits per heavy atom. The van der Waals surface area contributed by atoms with Gasteiger partial charge in [-0.3, -0.25) is 4.79 Å². The Bertz CT molecular complexity index is 1520. The van der Waals surface area contributed by atoms with E-state index in [1.54, 1.807) is 0 Å². The summed E-state index contributed by atoms with van der Waals surface area (Å²) in [6.07, 6.45) is 2.84. The van der Waals surface area contributed by atoms with E-state index < -0.39 is 24.0 Å².